The second-order valence-corrected chi connectivity index (χ2v) is 6.45. The van der Waals surface area contributed by atoms with Crippen molar-refractivity contribution < 1.29 is 24.2 Å². The molecule has 0 saturated carbocycles. The summed E-state index contributed by atoms with van der Waals surface area (Å²) in [7, 11) is 1.28. The fraction of sp³-hybridized carbons (Fsp3) is 0.471. The number of hydrogen-bond acceptors (Lipinski definition) is 5. The average molecular weight is 336 g/mol. The number of amides is 2. The minimum absolute atomic E-state index is 0.200. The lowest BCUT2D eigenvalue weighted by Gasteiger charge is -2.25. The number of aliphatic hydroxyl groups excluding tert-OH is 1. The van der Waals surface area contributed by atoms with Gasteiger partial charge in [-0.15, -0.1) is 0 Å². The van der Waals surface area contributed by atoms with Crippen LogP contribution in [-0.4, -0.2) is 42.6 Å². The number of carbonyl (C=O) groups is 3. The molecule has 0 saturated heterocycles. The molecule has 1 aromatic rings. The molecule has 7 heteroatoms. The van der Waals surface area contributed by atoms with Crippen LogP contribution in [0.2, 0.25) is 0 Å². The van der Waals surface area contributed by atoms with E-state index in [4.69, 9.17) is 0 Å². The van der Waals surface area contributed by atoms with Crippen molar-refractivity contribution in [2.24, 2.45) is 5.41 Å². The van der Waals surface area contributed by atoms with Crippen LogP contribution < -0.4 is 10.6 Å². The summed E-state index contributed by atoms with van der Waals surface area (Å²) in [6.07, 6.45) is -0.220. The van der Waals surface area contributed by atoms with Crippen molar-refractivity contribution in [2.75, 3.05) is 19.0 Å². The number of nitrogens with one attached hydrogen (secondary N) is 2. The summed E-state index contributed by atoms with van der Waals surface area (Å²) in [5.41, 5.74) is 0.447. The van der Waals surface area contributed by atoms with Crippen molar-refractivity contribution in [3.63, 3.8) is 0 Å². The van der Waals surface area contributed by atoms with Crippen molar-refractivity contribution in [1.82, 2.24) is 5.32 Å². The van der Waals surface area contributed by atoms with E-state index in [1.54, 1.807) is 0 Å². The summed E-state index contributed by atoms with van der Waals surface area (Å²) in [6, 6.07) is 5.97. The van der Waals surface area contributed by atoms with Gasteiger partial charge in [0.15, 0.2) is 0 Å². The molecule has 0 bridgehead atoms. The van der Waals surface area contributed by atoms with Gasteiger partial charge in [-0.3, -0.25) is 9.59 Å². The summed E-state index contributed by atoms with van der Waals surface area (Å²) >= 11 is 0. The van der Waals surface area contributed by atoms with Crippen molar-refractivity contribution in [3.8, 4) is 0 Å². The number of carbonyl (C=O) groups excluding carboxylic acids is 3. The third-order valence-electron chi connectivity index (χ3n) is 3.47. The van der Waals surface area contributed by atoms with Crippen LogP contribution >= 0.6 is 0 Å². The summed E-state index contributed by atoms with van der Waals surface area (Å²) in [4.78, 5) is 34.8. The highest BCUT2D eigenvalue weighted by Crippen LogP contribution is 2.20. The molecule has 7 nitrogen and oxygen atoms in total. The van der Waals surface area contributed by atoms with E-state index < -0.39 is 23.9 Å². The molecule has 0 spiro atoms. The summed E-state index contributed by atoms with van der Waals surface area (Å²) in [6.45, 7) is 5.88. The lowest BCUT2D eigenvalue weighted by molar-refractivity contribution is -0.136. The summed E-state index contributed by atoms with van der Waals surface area (Å²) in [5.74, 6) is -2.08. The fourth-order valence-electron chi connectivity index (χ4n) is 1.83. The topological polar surface area (TPSA) is 105 Å². The van der Waals surface area contributed by atoms with Crippen LogP contribution in [0, 0.1) is 5.41 Å². The van der Waals surface area contributed by atoms with Crippen LogP contribution in [-0.2, 0) is 14.3 Å². The number of anilines is 1. The van der Waals surface area contributed by atoms with Gasteiger partial charge in [-0.2, -0.15) is 0 Å². The molecule has 1 unspecified atom stereocenters. The van der Waals surface area contributed by atoms with E-state index in [2.05, 4.69) is 15.4 Å². The van der Waals surface area contributed by atoms with Crippen LogP contribution in [0.1, 0.15) is 37.6 Å². The minimum atomic E-state index is -0.814. The number of esters is 1. The highest BCUT2D eigenvalue weighted by atomic mass is 16.5. The Bertz CT molecular complexity index is 590. The molecule has 0 aromatic heterocycles. The number of rotatable bonds is 5. The molecular weight excluding hydrogens is 312 g/mol. The first-order valence-corrected chi connectivity index (χ1v) is 7.60. The monoisotopic (exact) mass is 336 g/mol. The molecule has 0 aliphatic carbocycles. The van der Waals surface area contributed by atoms with Gasteiger partial charge in [0.1, 0.15) is 0 Å². The van der Waals surface area contributed by atoms with Crippen molar-refractivity contribution in [1.29, 1.82) is 0 Å². The van der Waals surface area contributed by atoms with Gasteiger partial charge in [-0.25, -0.2) is 4.79 Å². The van der Waals surface area contributed by atoms with Crippen LogP contribution in [0.4, 0.5) is 5.69 Å². The first-order valence-electron chi connectivity index (χ1n) is 7.60. The Morgan fingerprint density at radius 1 is 1.12 bits per heavy atom. The van der Waals surface area contributed by atoms with E-state index in [-0.39, 0.29) is 12.0 Å². The molecule has 1 aromatic carbocycles. The normalized spacial score (nSPS) is 12.2. The molecule has 24 heavy (non-hydrogen) atoms. The highest BCUT2D eigenvalue weighted by Gasteiger charge is 2.22. The fourth-order valence-corrected chi connectivity index (χ4v) is 1.83. The first kappa shape index (κ1) is 19.6. The average Bonchev–Trinajstić information content (AvgIpc) is 2.53. The van der Waals surface area contributed by atoms with E-state index in [9.17, 15) is 19.5 Å². The smallest absolute Gasteiger partial charge is 0.337 e. The van der Waals surface area contributed by atoms with E-state index in [0.717, 1.165) is 0 Å². The quantitative estimate of drug-likeness (QED) is 0.556. The molecule has 2 amide bonds. The molecule has 1 rings (SSSR count). The van der Waals surface area contributed by atoms with Crippen molar-refractivity contribution in [2.45, 2.75) is 33.3 Å². The maximum atomic E-state index is 11.8. The Morgan fingerprint density at radius 3 is 2.21 bits per heavy atom. The lowest BCUT2D eigenvalue weighted by Crippen LogP contribution is -2.38. The van der Waals surface area contributed by atoms with Crippen LogP contribution in [0.3, 0.4) is 0 Å². The zero-order valence-corrected chi connectivity index (χ0v) is 14.4. The van der Waals surface area contributed by atoms with Gasteiger partial charge in [0, 0.05) is 12.2 Å². The lowest BCUT2D eigenvalue weighted by atomic mass is 9.87. The second-order valence-electron chi connectivity index (χ2n) is 6.45. The molecular formula is C17H24N2O5. The Labute approximate surface area is 141 Å². The van der Waals surface area contributed by atoms with Gasteiger partial charge in [0.05, 0.1) is 18.8 Å². The Kier molecular flexibility index (Phi) is 6.91. The molecule has 3 N–H and O–H groups in total. The number of ether oxygens (including phenoxy) is 1. The summed E-state index contributed by atoms with van der Waals surface area (Å²) < 4.78 is 4.57. The second kappa shape index (κ2) is 8.44. The number of benzene rings is 1. The Morgan fingerprint density at radius 2 is 1.71 bits per heavy atom. The van der Waals surface area contributed by atoms with Gasteiger partial charge in [0.2, 0.25) is 0 Å². The van der Waals surface area contributed by atoms with Crippen molar-refractivity contribution in [3.05, 3.63) is 29.8 Å². The highest BCUT2D eigenvalue weighted by molar-refractivity contribution is 6.39. The zero-order chi connectivity index (χ0) is 18.3. The molecule has 0 heterocycles. The maximum absolute atomic E-state index is 11.8. The van der Waals surface area contributed by atoms with Crippen LogP contribution in [0.15, 0.2) is 24.3 Å². The van der Waals surface area contributed by atoms with E-state index in [1.807, 2.05) is 20.8 Å². The van der Waals surface area contributed by atoms with Gasteiger partial charge < -0.3 is 20.5 Å². The van der Waals surface area contributed by atoms with Gasteiger partial charge in [-0.1, -0.05) is 20.8 Å². The number of methoxy groups -OCH3 is 1. The molecule has 1 atom stereocenters. The SMILES string of the molecule is COC(=O)c1ccc(NC(=O)C(=O)NCCC(O)C(C)(C)C)cc1. The van der Waals surface area contributed by atoms with E-state index in [0.29, 0.717) is 17.7 Å². The van der Waals surface area contributed by atoms with E-state index >= 15 is 0 Å². The first-order chi connectivity index (χ1) is 11.1. The Hall–Kier alpha value is -2.41. The zero-order valence-electron chi connectivity index (χ0n) is 14.4. The molecule has 0 radical (unpaired) electrons. The number of aliphatic hydroxyl groups is 1. The standard InChI is InChI=1S/C17H24N2O5/c1-17(2,3)13(20)9-10-18-14(21)15(22)19-12-7-5-11(6-8-12)16(23)24-4/h5-8,13,20H,9-10H2,1-4H3,(H,18,21)(H,19,22). The van der Waals surface area contributed by atoms with Crippen molar-refractivity contribution >= 4 is 23.5 Å². The largest absolute Gasteiger partial charge is 0.465 e. The predicted molar refractivity (Wildman–Crippen MR) is 89.5 cm³/mol. The maximum Gasteiger partial charge on any atom is 0.337 e. The predicted octanol–water partition coefficient (Wildman–Crippen LogP) is 1.32. The third kappa shape index (κ3) is 6.00. The van der Waals surface area contributed by atoms with Gasteiger partial charge in [0.25, 0.3) is 0 Å². The van der Waals surface area contributed by atoms with Gasteiger partial charge >= 0.3 is 17.8 Å². The molecule has 132 valence electrons. The molecule has 0 aliphatic rings. The minimum Gasteiger partial charge on any atom is -0.465 e. The van der Waals surface area contributed by atoms with Gasteiger partial charge in [-0.05, 0) is 36.1 Å². The van der Waals surface area contributed by atoms with Crippen LogP contribution in [0.5, 0.6) is 0 Å². The third-order valence-corrected chi connectivity index (χ3v) is 3.47. The molecule has 0 aliphatic heterocycles. The van der Waals surface area contributed by atoms with E-state index in [1.165, 1.54) is 31.4 Å². The Balaban J connectivity index is 2.47. The number of hydrogen-bond donors (Lipinski definition) is 3. The summed E-state index contributed by atoms with van der Waals surface area (Å²) in [5, 5.41) is 14.8. The molecule has 0 fully saturated rings. The van der Waals surface area contributed by atoms with Crippen LogP contribution in [0.25, 0.3) is 0 Å².